The number of aromatic amines is 1. The van der Waals surface area contributed by atoms with Crippen LogP contribution in [-0.2, 0) is 14.8 Å². The van der Waals surface area contributed by atoms with Gasteiger partial charge in [-0.1, -0.05) is 0 Å². The lowest BCUT2D eigenvalue weighted by Gasteiger charge is -2.09. The summed E-state index contributed by atoms with van der Waals surface area (Å²) in [6.07, 6.45) is 8.18. The van der Waals surface area contributed by atoms with Crippen LogP contribution in [0.5, 0.6) is 0 Å². The average Bonchev–Trinajstić information content (AvgIpc) is 3.02. The highest BCUT2D eigenvalue weighted by molar-refractivity contribution is 7.89. The second-order valence-corrected chi connectivity index (χ2v) is 6.23. The number of ether oxygens (including phenoxy) is 1. The highest BCUT2D eigenvalue weighted by atomic mass is 32.2. The van der Waals surface area contributed by atoms with Gasteiger partial charge in [-0.25, -0.2) is 13.1 Å². The molecule has 0 bridgehead atoms. The smallest absolute Gasteiger partial charge is 0.243 e. The molecular formula is C11H19N3O3S. The molecule has 1 aromatic heterocycles. The van der Waals surface area contributed by atoms with Crippen LogP contribution >= 0.6 is 0 Å². The molecule has 2 rings (SSSR count). The monoisotopic (exact) mass is 273 g/mol. The predicted molar refractivity (Wildman–Crippen MR) is 66.6 cm³/mol. The van der Waals surface area contributed by atoms with E-state index in [1.807, 2.05) is 0 Å². The van der Waals surface area contributed by atoms with Gasteiger partial charge in [-0.05, 0) is 32.1 Å². The Balaban J connectivity index is 1.63. The fraction of sp³-hybridized carbons (Fsp3) is 0.727. The van der Waals surface area contributed by atoms with E-state index in [0.717, 1.165) is 38.7 Å². The number of hydrogen-bond acceptors (Lipinski definition) is 4. The number of H-pyrrole nitrogens is 1. The normalized spacial score (nSPS) is 20.3. The van der Waals surface area contributed by atoms with Crippen molar-refractivity contribution in [2.45, 2.75) is 43.1 Å². The van der Waals surface area contributed by atoms with Gasteiger partial charge in [-0.3, -0.25) is 5.10 Å². The van der Waals surface area contributed by atoms with E-state index in [9.17, 15) is 8.42 Å². The van der Waals surface area contributed by atoms with E-state index in [1.54, 1.807) is 0 Å². The van der Waals surface area contributed by atoms with Crippen LogP contribution in [0.2, 0.25) is 0 Å². The number of nitrogens with zero attached hydrogens (tertiary/aromatic N) is 1. The van der Waals surface area contributed by atoms with Gasteiger partial charge in [0.05, 0.1) is 12.3 Å². The fourth-order valence-corrected chi connectivity index (χ4v) is 3.02. The van der Waals surface area contributed by atoms with Crippen molar-refractivity contribution in [2.24, 2.45) is 0 Å². The maximum atomic E-state index is 11.7. The van der Waals surface area contributed by atoms with E-state index in [2.05, 4.69) is 14.9 Å². The van der Waals surface area contributed by atoms with Gasteiger partial charge >= 0.3 is 0 Å². The highest BCUT2D eigenvalue weighted by Gasteiger charge is 2.16. The van der Waals surface area contributed by atoms with E-state index < -0.39 is 10.0 Å². The lowest BCUT2D eigenvalue weighted by Crippen LogP contribution is -2.24. The molecule has 1 aromatic rings. The van der Waals surface area contributed by atoms with Crippen LogP contribution < -0.4 is 4.72 Å². The molecule has 0 spiro atoms. The SMILES string of the molecule is O=S(=O)(NCCCCC1CCCO1)c1cn[nH]c1. The summed E-state index contributed by atoms with van der Waals surface area (Å²) < 4.78 is 31.5. The van der Waals surface area contributed by atoms with E-state index >= 15 is 0 Å². The molecule has 0 radical (unpaired) electrons. The number of unbranched alkanes of at least 4 members (excludes halogenated alkanes) is 1. The lowest BCUT2D eigenvalue weighted by atomic mass is 10.1. The van der Waals surface area contributed by atoms with Gasteiger partial charge in [0.2, 0.25) is 10.0 Å². The van der Waals surface area contributed by atoms with Gasteiger partial charge in [0, 0.05) is 19.3 Å². The van der Waals surface area contributed by atoms with Crippen molar-refractivity contribution >= 4 is 10.0 Å². The molecule has 6 nitrogen and oxygen atoms in total. The summed E-state index contributed by atoms with van der Waals surface area (Å²) in [4.78, 5) is 0.182. The molecule has 0 amide bonds. The number of rotatable bonds is 7. The predicted octanol–water partition coefficient (Wildman–Crippen LogP) is 1.04. The Labute approximate surface area is 107 Å². The van der Waals surface area contributed by atoms with E-state index in [0.29, 0.717) is 12.6 Å². The molecule has 102 valence electrons. The van der Waals surface area contributed by atoms with Gasteiger partial charge in [0.1, 0.15) is 4.90 Å². The molecule has 7 heteroatoms. The van der Waals surface area contributed by atoms with Crippen molar-refractivity contribution in [3.63, 3.8) is 0 Å². The average molecular weight is 273 g/mol. The minimum Gasteiger partial charge on any atom is -0.378 e. The van der Waals surface area contributed by atoms with Gasteiger partial charge in [0.15, 0.2) is 0 Å². The number of nitrogens with one attached hydrogen (secondary N) is 2. The largest absolute Gasteiger partial charge is 0.378 e. The van der Waals surface area contributed by atoms with Crippen molar-refractivity contribution < 1.29 is 13.2 Å². The fourth-order valence-electron chi connectivity index (χ4n) is 2.04. The molecule has 1 fully saturated rings. The van der Waals surface area contributed by atoms with Crippen LogP contribution in [-0.4, -0.2) is 37.9 Å². The molecule has 1 aliphatic heterocycles. The van der Waals surface area contributed by atoms with Gasteiger partial charge in [-0.15, -0.1) is 0 Å². The third kappa shape index (κ3) is 3.79. The van der Waals surface area contributed by atoms with Crippen LogP contribution in [0.3, 0.4) is 0 Å². The first-order chi connectivity index (χ1) is 8.68. The molecule has 1 unspecified atom stereocenters. The van der Waals surface area contributed by atoms with Crippen molar-refractivity contribution in [2.75, 3.05) is 13.2 Å². The van der Waals surface area contributed by atoms with Crippen LogP contribution in [0, 0.1) is 0 Å². The number of hydrogen-bond donors (Lipinski definition) is 2. The minimum absolute atomic E-state index is 0.182. The molecular weight excluding hydrogens is 254 g/mol. The maximum Gasteiger partial charge on any atom is 0.243 e. The van der Waals surface area contributed by atoms with Crippen molar-refractivity contribution in [1.82, 2.24) is 14.9 Å². The summed E-state index contributed by atoms with van der Waals surface area (Å²) in [6, 6.07) is 0. The topological polar surface area (TPSA) is 84.1 Å². The summed E-state index contributed by atoms with van der Waals surface area (Å²) >= 11 is 0. The Morgan fingerprint density at radius 3 is 3.06 bits per heavy atom. The molecule has 0 saturated carbocycles. The molecule has 1 saturated heterocycles. The highest BCUT2D eigenvalue weighted by Crippen LogP contribution is 2.17. The van der Waals surface area contributed by atoms with Crippen LogP contribution in [0.1, 0.15) is 32.1 Å². The molecule has 1 aliphatic rings. The van der Waals surface area contributed by atoms with Gasteiger partial charge in [-0.2, -0.15) is 5.10 Å². The summed E-state index contributed by atoms with van der Waals surface area (Å²) in [6.45, 7) is 1.33. The molecule has 2 N–H and O–H groups in total. The summed E-state index contributed by atoms with van der Waals surface area (Å²) in [5.74, 6) is 0. The standard InChI is InChI=1S/C11H19N3O3S/c15-18(16,11-8-12-13-9-11)14-6-2-1-4-10-5-3-7-17-10/h8-10,14H,1-7H2,(H,12,13). The Bertz CT molecular complexity index is 438. The van der Waals surface area contributed by atoms with Crippen LogP contribution in [0.25, 0.3) is 0 Å². The quantitative estimate of drug-likeness (QED) is 0.727. The van der Waals surface area contributed by atoms with Gasteiger partial charge < -0.3 is 4.74 Å². The van der Waals surface area contributed by atoms with Crippen molar-refractivity contribution in [1.29, 1.82) is 0 Å². The zero-order valence-corrected chi connectivity index (χ0v) is 11.1. The van der Waals surface area contributed by atoms with E-state index in [1.165, 1.54) is 12.4 Å². The molecule has 0 aromatic carbocycles. The first-order valence-corrected chi connectivity index (χ1v) is 7.77. The first-order valence-electron chi connectivity index (χ1n) is 6.28. The van der Waals surface area contributed by atoms with Crippen molar-refractivity contribution in [3.05, 3.63) is 12.4 Å². The second-order valence-electron chi connectivity index (χ2n) is 4.46. The Morgan fingerprint density at radius 2 is 2.39 bits per heavy atom. The second kappa shape index (κ2) is 6.31. The van der Waals surface area contributed by atoms with Crippen molar-refractivity contribution in [3.8, 4) is 0 Å². The minimum atomic E-state index is -3.39. The molecule has 1 atom stereocenters. The van der Waals surface area contributed by atoms with E-state index in [4.69, 9.17) is 4.74 Å². The third-order valence-electron chi connectivity index (χ3n) is 3.05. The number of aromatic nitrogens is 2. The van der Waals surface area contributed by atoms with Crippen LogP contribution in [0.15, 0.2) is 17.3 Å². The lowest BCUT2D eigenvalue weighted by molar-refractivity contribution is 0.102. The summed E-state index contributed by atoms with van der Waals surface area (Å²) in [5, 5.41) is 6.11. The Morgan fingerprint density at radius 1 is 1.50 bits per heavy atom. The van der Waals surface area contributed by atoms with E-state index in [-0.39, 0.29) is 4.90 Å². The maximum absolute atomic E-state index is 11.7. The zero-order chi connectivity index (χ0) is 12.8. The third-order valence-corrected chi connectivity index (χ3v) is 4.48. The first kappa shape index (κ1) is 13.5. The zero-order valence-electron chi connectivity index (χ0n) is 10.3. The van der Waals surface area contributed by atoms with Gasteiger partial charge in [0.25, 0.3) is 0 Å². The Kier molecular flexibility index (Phi) is 4.73. The molecule has 2 heterocycles. The number of sulfonamides is 1. The Hall–Kier alpha value is -0.920. The summed E-state index contributed by atoms with van der Waals surface area (Å²) in [5.41, 5.74) is 0. The summed E-state index contributed by atoms with van der Waals surface area (Å²) in [7, 11) is -3.39. The van der Waals surface area contributed by atoms with Crippen LogP contribution in [0.4, 0.5) is 0 Å². The molecule has 18 heavy (non-hydrogen) atoms. The molecule has 0 aliphatic carbocycles.